The summed E-state index contributed by atoms with van der Waals surface area (Å²) in [5.41, 5.74) is 7.70. The van der Waals surface area contributed by atoms with Crippen LogP contribution in [0, 0.1) is 5.41 Å². The highest BCUT2D eigenvalue weighted by molar-refractivity contribution is 7.99. The van der Waals surface area contributed by atoms with Crippen LogP contribution in [0.4, 0.5) is 19.0 Å². The third kappa shape index (κ3) is 4.14. The standard InChI is InChI=1S/C21H21F3N6OS/c22-21(23,24)31-14-1-3-15(4-2-14)32-18-12-26-17(11-27-18)29-9-6-20(7-10-29)13-30-16(19(20)25)5-8-28-30/h1-5,8,11-12,19H,6-7,9-10,13,25H2/t19-/m1/s1. The number of halogens is 3. The van der Waals surface area contributed by atoms with Crippen molar-refractivity contribution in [2.45, 2.75) is 41.7 Å². The quantitative estimate of drug-likeness (QED) is 0.627. The number of ether oxygens (including phenoxy) is 1. The Morgan fingerprint density at radius 2 is 1.81 bits per heavy atom. The lowest BCUT2D eigenvalue weighted by Gasteiger charge is -2.41. The molecule has 2 aliphatic heterocycles. The molecule has 1 spiro atoms. The third-order valence-corrected chi connectivity index (χ3v) is 7.10. The van der Waals surface area contributed by atoms with Crippen LogP contribution in [-0.4, -0.2) is 39.2 Å². The molecule has 0 radical (unpaired) electrons. The summed E-state index contributed by atoms with van der Waals surface area (Å²) in [4.78, 5) is 12.0. The number of nitrogens with zero attached hydrogens (tertiary/aromatic N) is 5. The molecule has 2 aliphatic rings. The van der Waals surface area contributed by atoms with E-state index in [1.54, 1.807) is 30.7 Å². The summed E-state index contributed by atoms with van der Waals surface area (Å²) in [7, 11) is 0. The first-order valence-corrected chi connectivity index (χ1v) is 11.0. The molecule has 168 valence electrons. The lowest BCUT2D eigenvalue weighted by atomic mass is 9.73. The fraction of sp³-hybridized carbons (Fsp3) is 0.381. The van der Waals surface area contributed by atoms with E-state index in [1.165, 1.54) is 23.9 Å². The second-order valence-corrected chi connectivity index (χ2v) is 9.17. The molecule has 0 amide bonds. The van der Waals surface area contributed by atoms with Gasteiger partial charge in [0, 0.05) is 36.1 Å². The SMILES string of the molecule is N[C@@H]1c2ccnn2CC12CCN(c1cnc(Sc3ccc(OC(F)(F)F)cc3)cn1)CC2. The molecular weight excluding hydrogens is 441 g/mol. The Labute approximate surface area is 186 Å². The van der Waals surface area contributed by atoms with Gasteiger partial charge in [-0.2, -0.15) is 5.10 Å². The predicted octanol–water partition coefficient (Wildman–Crippen LogP) is 4.02. The Morgan fingerprint density at radius 3 is 2.44 bits per heavy atom. The topological polar surface area (TPSA) is 82.1 Å². The van der Waals surface area contributed by atoms with Crippen LogP contribution in [0.1, 0.15) is 24.6 Å². The van der Waals surface area contributed by atoms with E-state index in [2.05, 4.69) is 24.7 Å². The number of anilines is 1. The minimum Gasteiger partial charge on any atom is -0.406 e. The van der Waals surface area contributed by atoms with E-state index < -0.39 is 6.36 Å². The van der Waals surface area contributed by atoms with Crippen LogP contribution in [0.15, 0.2) is 58.8 Å². The van der Waals surface area contributed by atoms with Crippen molar-refractivity contribution in [3.63, 3.8) is 0 Å². The Morgan fingerprint density at radius 1 is 1.06 bits per heavy atom. The highest BCUT2D eigenvalue weighted by Gasteiger charge is 2.47. The van der Waals surface area contributed by atoms with E-state index in [-0.39, 0.29) is 17.2 Å². The van der Waals surface area contributed by atoms with Crippen LogP contribution < -0.4 is 15.4 Å². The summed E-state index contributed by atoms with van der Waals surface area (Å²) >= 11 is 1.32. The second kappa shape index (κ2) is 7.96. The van der Waals surface area contributed by atoms with Crippen molar-refractivity contribution in [3.05, 3.63) is 54.6 Å². The Hall–Kier alpha value is -2.79. The van der Waals surface area contributed by atoms with Gasteiger partial charge in [-0.25, -0.2) is 9.97 Å². The molecule has 11 heteroatoms. The lowest BCUT2D eigenvalue weighted by molar-refractivity contribution is -0.274. The van der Waals surface area contributed by atoms with Gasteiger partial charge in [0.05, 0.1) is 24.1 Å². The average Bonchev–Trinajstić information content (AvgIpc) is 3.31. The van der Waals surface area contributed by atoms with Gasteiger partial charge in [0.1, 0.15) is 16.6 Å². The molecule has 0 saturated carbocycles. The molecule has 1 aromatic carbocycles. The molecule has 2 aromatic heterocycles. The van der Waals surface area contributed by atoms with Crippen LogP contribution in [0.3, 0.4) is 0 Å². The second-order valence-electron chi connectivity index (χ2n) is 8.07. The zero-order valence-corrected chi connectivity index (χ0v) is 17.8. The number of alkyl halides is 3. The van der Waals surface area contributed by atoms with Crippen molar-refractivity contribution in [1.82, 2.24) is 19.7 Å². The summed E-state index contributed by atoms with van der Waals surface area (Å²) in [6, 6.07) is 7.68. The van der Waals surface area contributed by atoms with E-state index in [9.17, 15) is 13.2 Å². The smallest absolute Gasteiger partial charge is 0.406 e. The van der Waals surface area contributed by atoms with E-state index in [0.29, 0.717) is 5.03 Å². The summed E-state index contributed by atoms with van der Waals surface area (Å²) in [5.74, 6) is 0.555. The molecule has 0 unspecified atom stereocenters. The van der Waals surface area contributed by atoms with Crippen molar-refractivity contribution >= 4 is 17.6 Å². The monoisotopic (exact) mass is 462 g/mol. The molecule has 7 nitrogen and oxygen atoms in total. The van der Waals surface area contributed by atoms with E-state index >= 15 is 0 Å². The first-order chi connectivity index (χ1) is 15.3. The van der Waals surface area contributed by atoms with Crippen molar-refractivity contribution in [2.24, 2.45) is 11.1 Å². The molecule has 4 heterocycles. The van der Waals surface area contributed by atoms with Crippen molar-refractivity contribution < 1.29 is 17.9 Å². The van der Waals surface area contributed by atoms with E-state index in [1.807, 2.05) is 10.7 Å². The number of hydrogen-bond donors (Lipinski definition) is 1. The van der Waals surface area contributed by atoms with Crippen molar-refractivity contribution in [3.8, 4) is 5.75 Å². The summed E-state index contributed by atoms with van der Waals surface area (Å²) in [6.07, 6.45) is 2.44. The first kappa shape index (κ1) is 21.1. The highest BCUT2D eigenvalue weighted by atomic mass is 32.2. The van der Waals surface area contributed by atoms with Gasteiger partial charge in [-0.15, -0.1) is 13.2 Å². The summed E-state index contributed by atoms with van der Waals surface area (Å²) < 4.78 is 42.7. The number of nitrogens with two attached hydrogens (primary N) is 1. The highest BCUT2D eigenvalue weighted by Crippen LogP contribution is 2.47. The molecule has 1 atom stereocenters. The molecule has 32 heavy (non-hydrogen) atoms. The minimum absolute atomic E-state index is 0.00457. The fourth-order valence-electron chi connectivity index (χ4n) is 4.46. The number of piperidine rings is 1. The first-order valence-electron chi connectivity index (χ1n) is 10.2. The third-order valence-electron chi connectivity index (χ3n) is 6.17. The maximum atomic E-state index is 12.3. The summed E-state index contributed by atoms with van der Waals surface area (Å²) in [6.45, 7) is 2.55. The van der Waals surface area contributed by atoms with Gasteiger partial charge in [0.15, 0.2) is 0 Å². The number of hydrogen-bond acceptors (Lipinski definition) is 7. The number of fused-ring (bicyclic) bond motifs is 1. The average molecular weight is 463 g/mol. The molecule has 1 saturated heterocycles. The molecular formula is C21H21F3N6OS. The van der Waals surface area contributed by atoms with Crippen molar-refractivity contribution in [2.75, 3.05) is 18.0 Å². The Bertz CT molecular complexity index is 1080. The maximum Gasteiger partial charge on any atom is 0.573 e. The minimum atomic E-state index is -4.70. The van der Waals surface area contributed by atoms with Gasteiger partial charge in [-0.1, -0.05) is 11.8 Å². The van der Waals surface area contributed by atoms with Crippen molar-refractivity contribution in [1.29, 1.82) is 0 Å². The molecule has 1 fully saturated rings. The largest absolute Gasteiger partial charge is 0.573 e. The fourth-order valence-corrected chi connectivity index (χ4v) is 5.18. The van der Waals surface area contributed by atoms with Gasteiger partial charge in [0.25, 0.3) is 0 Å². The van der Waals surface area contributed by atoms with Crippen LogP contribution in [0.25, 0.3) is 0 Å². The van der Waals surface area contributed by atoms with Gasteiger partial charge in [-0.3, -0.25) is 4.68 Å². The van der Waals surface area contributed by atoms with E-state index in [4.69, 9.17) is 5.73 Å². The van der Waals surface area contributed by atoms with Crippen LogP contribution in [0.2, 0.25) is 0 Å². The lowest BCUT2D eigenvalue weighted by Crippen LogP contribution is -2.45. The number of aromatic nitrogens is 4. The molecule has 3 aromatic rings. The van der Waals surface area contributed by atoms with E-state index in [0.717, 1.165) is 48.9 Å². The zero-order valence-electron chi connectivity index (χ0n) is 17.0. The molecule has 0 aliphatic carbocycles. The number of benzene rings is 1. The van der Waals surface area contributed by atoms with Crippen LogP contribution >= 0.6 is 11.8 Å². The molecule has 2 N–H and O–H groups in total. The Kier molecular flexibility index (Phi) is 5.25. The maximum absolute atomic E-state index is 12.3. The molecule has 5 rings (SSSR count). The number of rotatable bonds is 4. The zero-order chi connectivity index (χ0) is 22.3. The Balaban J connectivity index is 1.18. The van der Waals surface area contributed by atoms with Gasteiger partial charge < -0.3 is 15.4 Å². The normalized spacial score (nSPS) is 19.9. The van der Waals surface area contributed by atoms with Gasteiger partial charge in [-0.05, 0) is 43.2 Å². The van der Waals surface area contributed by atoms with Crippen LogP contribution in [-0.2, 0) is 6.54 Å². The van der Waals surface area contributed by atoms with Gasteiger partial charge in [0.2, 0.25) is 0 Å². The molecule has 0 bridgehead atoms. The van der Waals surface area contributed by atoms with Crippen LogP contribution in [0.5, 0.6) is 5.75 Å². The van der Waals surface area contributed by atoms with Gasteiger partial charge >= 0.3 is 6.36 Å². The predicted molar refractivity (Wildman–Crippen MR) is 112 cm³/mol. The summed E-state index contributed by atoms with van der Waals surface area (Å²) in [5, 5.41) is 5.04.